The molecule has 0 saturated carbocycles. The number of nitrogens with two attached hydrogens (primary N) is 1. The van der Waals surface area contributed by atoms with Crippen LogP contribution in [-0.2, 0) is 9.47 Å². The van der Waals surface area contributed by atoms with Gasteiger partial charge in [0, 0.05) is 18.1 Å². The van der Waals surface area contributed by atoms with E-state index in [0.717, 1.165) is 11.3 Å². The largest absolute Gasteiger partial charge is 0.462 e. The Labute approximate surface area is 163 Å². The molecule has 3 aromatic heterocycles. The SMILES string of the molecule is CCOC(=O)c1cc(C)nc(N)c1.CCOC(=O)c1ccn2cc(C)nc2c1. The summed E-state index contributed by atoms with van der Waals surface area (Å²) in [5, 5.41) is 0. The van der Waals surface area contributed by atoms with Gasteiger partial charge in [0.2, 0.25) is 0 Å². The van der Waals surface area contributed by atoms with Crippen molar-refractivity contribution < 1.29 is 19.1 Å². The van der Waals surface area contributed by atoms with E-state index in [9.17, 15) is 9.59 Å². The summed E-state index contributed by atoms with van der Waals surface area (Å²) in [5.74, 6) is -0.330. The number of fused-ring (bicyclic) bond motifs is 1. The van der Waals surface area contributed by atoms with Crippen LogP contribution in [0.2, 0.25) is 0 Å². The van der Waals surface area contributed by atoms with Gasteiger partial charge in [-0.25, -0.2) is 19.6 Å². The van der Waals surface area contributed by atoms with E-state index in [1.165, 1.54) is 6.07 Å². The zero-order valence-corrected chi connectivity index (χ0v) is 16.4. The molecule has 0 spiro atoms. The fourth-order valence-corrected chi connectivity index (χ4v) is 2.48. The lowest BCUT2D eigenvalue weighted by molar-refractivity contribution is 0.0516. The van der Waals surface area contributed by atoms with Crippen LogP contribution in [-0.4, -0.2) is 39.5 Å². The molecule has 0 aliphatic carbocycles. The number of hydrogen-bond donors (Lipinski definition) is 1. The number of hydrogen-bond acceptors (Lipinski definition) is 7. The van der Waals surface area contributed by atoms with Crippen molar-refractivity contribution in [2.24, 2.45) is 0 Å². The molecule has 3 rings (SSSR count). The molecule has 2 N–H and O–H groups in total. The second-order valence-electron chi connectivity index (χ2n) is 5.93. The molecule has 0 fully saturated rings. The van der Waals surface area contributed by atoms with Crippen molar-refractivity contribution in [3.05, 3.63) is 59.2 Å². The average Bonchev–Trinajstić information content (AvgIpc) is 3.01. The number of carbonyl (C=O) groups is 2. The maximum absolute atomic E-state index is 11.4. The lowest BCUT2D eigenvalue weighted by atomic mass is 10.2. The van der Waals surface area contributed by atoms with E-state index in [2.05, 4.69) is 9.97 Å². The number of aromatic nitrogens is 3. The standard InChI is InChI=1S/C11H12N2O2.C9H12N2O2/c1-3-15-11(14)9-4-5-13-7-8(2)12-10(13)6-9;1-3-13-9(12)7-4-6(2)11-8(10)5-7/h4-7H,3H2,1-2H3;4-5H,3H2,1-2H3,(H2,10,11). The normalized spacial score (nSPS) is 10.1. The summed E-state index contributed by atoms with van der Waals surface area (Å²) >= 11 is 0. The van der Waals surface area contributed by atoms with Gasteiger partial charge in [-0.15, -0.1) is 0 Å². The second kappa shape index (κ2) is 9.50. The van der Waals surface area contributed by atoms with E-state index in [1.54, 1.807) is 39.0 Å². The van der Waals surface area contributed by atoms with Crippen LogP contribution in [0.1, 0.15) is 46.0 Å². The Balaban J connectivity index is 0.000000203. The number of aryl methyl sites for hydroxylation is 2. The molecule has 148 valence electrons. The highest BCUT2D eigenvalue weighted by molar-refractivity contribution is 5.90. The summed E-state index contributed by atoms with van der Waals surface area (Å²) in [4.78, 5) is 30.9. The first-order valence-electron chi connectivity index (χ1n) is 8.87. The molecule has 0 atom stereocenters. The Morgan fingerprint density at radius 1 is 0.964 bits per heavy atom. The Kier molecular flexibility index (Phi) is 7.08. The van der Waals surface area contributed by atoms with Gasteiger partial charge in [-0.1, -0.05) is 0 Å². The minimum Gasteiger partial charge on any atom is -0.462 e. The van der Waals surface area contributed by atoms with Gasteiger partial charge >= 0.3 is 11.9 Å². The Hall–Kier alpha value is -3.42. The number of imidazole rings is 1. The lowest BCUT2D eigenvalue weighted by Gasteiger charge is -2.03. The number of carbonyl (C=O) groups excluding carboxylic acids is 2. The molecular weight excluding hydrogens is 360 g/mol. The van der Waals surface area contributed by atoms with Crippen LogP contribution in [0.15, 0.2) is 36.7 Å². The Morgan fingerprint density at radius 2 is 1.61 bits per heavy atom. The highest BCUT2D eigenvalue weighted by Crippen LogP contribution is 2.09. The zero-order valence-electron chi connectivity index (χ0n) is 16.4. The van der Waals surface area contributed by atoms with Gasteiger partial charge in [0.05, 0.1) is 30.0 Å². The quantitative estimate of drug-likeness (QED) is 0.689. The molecule has 0 bridgehead atoms. The molecule has 8 heteroatoms. The number of anilines is 1. The topological polar surface area (TPSA) is 109 Å². The summed E-state index contributed by atoms with van der Waals surface area (Å²) in [6.07, 6.45) is 3.71. The average molecular weight is 384 g/mol. The number of nitrogens with zero attached hydrogens (tertiary/aromatic N) is 3. The maximum atomic E-state index is 11.4. The molecule has 0 unspecified atom stereocenters. The van der Waals surface area contributed by atoms with Crippen molar-refractivity contribution >= 4 is 23.4 Å². The number of esters is 2. The van der Waals surface area contributed by atoms with Gasteiger partial charge in [-0.2, -0.15) is 0 Å². The van der Waals surface area contributed by atoms with Crippen molar-refractivity contribution in [3.63, 3.8) is 0 Å². The number of pyridine rings is 2. The summed E-state index contributed by atoms with van der Waals surface area (Å²) in [6.45, 7) is 7.99. The highest BCUT2D eigenvalue weighted by Gasteiger charge is 2.08. The monoisotopic (exact) mass is 384 g/mol. The summed E-state index contributed by atoms with van der Waals surface area (Å²) in [7, 11) is 0. The first-order valence-corrected chi connectivity index (χ1v) is 8.87. The molecule has 0 radical (unpaired) electrons. The maximum Gasteiger partial charge on any atom is 0.338 e. The van der Waals surface area contributed by atoms with Crippen molar-refractivity contribution in [2.75, 3.05) is 18.9 Å². The van der Waals surface area contributed by atoms with Gasteiger partial charge in [0.25, 0.3) is 0 Å². The molecule has 8 nitrogen and oxygen atoms in total. The predicted octanol–water partition coefficient (Wildman–Crippen LogP) is 2.97. The first-order chi connectivity index (χ1) is 13.3. The van der Waals surface area contributed by atoms with Crippen LogP contribution in [0.25, 0.3) is 5.65 Å². The first kappa shape index (κ1) is 20.9. The smallest absolute Gasteiger partial charge is 0.338 e. The molecule has 0 aliphatic rings. The Morgan fingerprint density at radius 3 is 2.21 bits per heavy atom. The highest BCUT2D eigenvalue weighted by atomic mass is 16.5. The van der Waals surface area contributed by atoms with E-state index >= 15 is 0 Å². The molecule has 28 heavy (non-hydrogen) atoms. The number of rotatable bonds is 4. The van der Waals surface area contributed by atoms with Crippen LogP contribution >= 0.6 is 0 Å². The van der Waals surface area contributed by atoms with E-state index in [0.29, 0.717) is 35.9 Å². The molecule has 0 saturated heterocycles. The third kappa shape index (κ3) is 5.54. The molecular formula is C20H24N4O4. The van der Waals surface area contributed by atoms with Crippen LogP contribution in [0.3, 0.4) is 0 Å². The van der Waals surface area contributed by atoms with Crippen molar-refractivity contribution in [2.45, 2.75) is 27.7 Å². The predicted molar refractivity (Wildman–Crippen MR) is 105 cm³/mol. The van der Waals surface area contributed by atoms with E-state index in [4.69, 9.17) is 15.2 Å². The fraction of sp³-hybridized carbons (Fsp3) is 0.300. The van der Waals surface area contributed by atoms with Crippen LogP contribution < -0.4 is 5.73 Å². The molecule has 0 aromatic carbocycles. The third-order valence-electron chi connectivity index (χ3n) is 3.58. The number of nitrogen functional groups attached to an aromatic ring is 1. The number of ether oxygens (including phenoxy) is 2. The van der Waals surface area contributed by atoms with E-state index in [-0.39, 0.29) is 11.9 Å². The van der Waals surface area contributed by atoms with Crippen LogP contribution in [0, 0.1) is 13.8 Å². The third-order valence-corrected chi connectivity index (χ3v) is 3.58. The fourth-order valence-electron chi connectivity index (χ4n) is 2.48. The molecule has 3 heterocycles. The molecule has 0 amide bonds. The Bertz CT molecular complexity index is 961. The van der Waals surface area contributed by atoms with Gasteiger partial charge in [-0.3, -0.25) is 0 Å². The van der Waals surface area contributed by atoms with E-state index in [1.807, 2.05) is 23.7 Å². The molecule has 0 aliphatic heterocycles. The summed E-state index contributed by atoms with van der Waals surface area (Å²) in [6, 6.07) is 6.61. The van der Waals surface area contributed by atoms with E-state index < -0.39 is 0 Å². The van der Waals surface area contributed by atoms with Gasteiger partial charge in [-0.05, 0) is 52.0 Å². The second-order valence-corrected chi connectivity index (χ2v) is 5.93. The minimum atomic E-state index is -0.361. The van der Waals surface area contributed by atoms with Gasteiger partial charge < -0.3 is 19.6 Å². The van der Waals surface area contributed by atoms with Crippen LogP contribution in [0.4, 0.5) is 5.82 Å². The van der Waals surface area contributed by atoms with Gasteiger partial charge in [0.1, 0.15) is 11.5 Å². The summed E-state index contributed by atoms with van der Waals surface area (Å²) < 4.78 is 11.6. The van der Waals surface area contributed by atoms with Crippen LogP contribution in [0.5, 0.6) is 0 Å². The van der Waals surface area contributed by atoms with Crippen molar-refractivity contribution in [1.82, 2.24) is 14.4 Å². The molecule has 3 aromatic rings. The van der Waals surface area contributed by atoms with Crippen molar-refractivity contribution in [1.29, 1.82) is 0 Å². The lowest BCUT2D eigenvalue weighted by Crippen LogP contribution is -2.06. The summed E-state index contributed by atoms with van der Waals surface area (Å²) in [5.41, 5.74) is 8.86. The minimum absolute atomic E-state index is 0.305. The zero-order chi connectivity index (χ0) is 20.7. The van der Waals surface area contributed by atoms with Gasteiger partial charge in [0.15, 0.2) is 0 Å². The van der Waals surface area contributed by atoms with Crippen molar-refractivity contribution in [3.8, 4) is 0 Å².